The van der Waals surface area contributed by atoms with Crippen molar-refractivity contribution in [1.82, 2.24) is 9.55 Å². The Kier molecular flexibility index (Phi) is 3.77. The smallest absolute Gasteiger partial charge is 0.235 e. The van der Waals surface area contributed by atoms with Gasteiger partial charge in [-0.1, -0.05) is 12.1 Å². The third-order valence-corrected chi connectivity index (χ3v) is 2.71. The molecular formula is C14H16N2O2. The number of hydrogen-bond donors (Lipinski definition) is 0. The normalized spacial score (nSPS) is 10.3. The van der Waals surface area contributed by atoms with Gasteiger partial charge in [0.25, 0.3) is 0 Å². The summed E-state index contributed by atoms with van der Waals surface area (Å²) < 4.78 is 7.10. The van der Waals surface area contributed by atoms with Crippen molar-refractivity contribution in [3.05, 3.63) is 48.0 Å². The summed E-state index contributed by atoms with van der Waals surface area (Å²) in [5, 5.41) is 0. The molecule has 0 N–H and O–H groups in total. The van der Waals surface area contributed by atoms with Gasteiger partial charge < -0.3 is 4.74 Å². The molecule has 18 heavy (non-hydrogen) atoms. The van der Waals surface area contributed by atoms with Crippen LogP contribution in [0, 0.1) is 13.8 Å². The molecule has 0 unspecified atom stereocenters. The number of ether oxygens (including phenoxy) is 1. The van der Waals surface area contributed by atoms with Crippen LogP contribution in [-0.2, 0) is 0 Å². The molecule has 1 heterocycles. The van der Waals surface area contributed by atoms with Crippen LogP contribution in [0.15, 0.2) is 36.9 Å². The third kappa shape index (κ3) is 2.97. The van der Waals surface area contributed by atoms with Crippen molar-refractivity contribution in [2.75, 3.05) is 6.61 Å². The van der Waals surface area contributed by atoms with E-state index in [1.165, 1.54) is 10.9 Å². The summed E-state index contributed by atoms with van der Waals surface area (Å²) in [4.78, 5) is 15.5. The molecule has 0 bridgehead atoms. The van der Waals surface area contributed by atoms with Crippen LogP contribution in [0.25, 0.3) is 0 Å². The van der Waals surface area contributed by atoms with Crippen molar-refractivity contribution in [3.8, 4) is 5.75 Å². The first-order valence-electron chi connectivity index (χ1n) is 5.88. The molecular weight excluding hydrogens is 228 g/mol. The molecule has 94 valence electrons. The molecule has 2 aromatic rings. The zero-order valence-corrected chi connectivity index (χ0v) is 10.6. The average Bonchev–Trinajstić information content (AvgIpc) is 2.87. The van der Waals surface area contributed by atoms with Crippen molar-refractivity contribution in [1.29, 1.82) is 0 Å². The highest BCUT2D eigenvalue weighted by Crippen LogP contribution is 2.19. The summed E-state index contributed by atoms with van der Waals surface area (Å²) in [5.74, 6) is 0.825. The second kappa shape index (κ2) is 5.49. The first-order valence-corrected chi connectivity index (χ1v) is 5.88. The van der Waals surface area contributed by atoms with Gasteiger partial charge in [-0.15, -0.1) is 0 Å². The predicted octanol–water partition coefficient (Wildman–Crippen LogP) is 2.61. The molecule has 0 spiro atoms. The van der Waals surface area contributed by atoms with Crippen molar-refractivity contribution in [2.24, 2.45) is 0 Å². The summed E-state index contributed by atoms with van der Waals surface area (Å²) in [5.41, 5.74) is 2.23. The Morgan fingerprint density at radius 3 is 2.94 bits per heavy atom. The number of rotatable bonds is 4. The fourth-order valence-corrected chi connectivity index (χ4v) is 1.65. The molecule has 0 amide bonds. The van der Waals surface area contributed by atoms with Crippen LogP contribution in [0.4, 0.5) is 0 Å². The van der Waals surface area contributed by atoms with Crippen LogP contribution in [-0.4, -0.2) is 22.1 Å². The van der Waals surface area contributed by atoms with Gasteiger partial charge in [-0.2, -0.15) is 0 Å². The highest BCUT2D eigenvalue weighted by atomic mass is 16.5. The lowest BCUT2D eigenvalue weighted by atomic mass is 10.1. The minimum absolute atomic E-state index is 0.0159. The second-order valence-corrected chi connectivity index (χ2v) is 4.23. The standard InChI is InChI=1S/C14H16N2O2/c1-11-3-4-12(2)13(9-11)18-8-5-14(17)16-7-6-15-10-16/h3-4,6-7,9-10H,5,8H2,1-2H3. The van der Waals surface area contributed by atoms with E-state index in [2.05, 4.69) is 4.98 Å². The van der Waals surface area contributed by atoms with E-state index in [9.17, 15) is 4.79 Å². The van der Waals surface area contributed by atoms with Crippen molar-refractivity contribution < 1.29 is 9.53 Å². The Morgan fingerprint density at radius 1 is 1.39 bits per heavy atom. The summed E-state index contributed by atoms with van der Waals surface area (Å²) in [6.45, 7) is 4.39. The third-order valence-electron chi connectivity index (χ3n) is 2.71. The van der Waals surface area contributed by atoms with Crippen molar-refractivity contribution in [3.63, 3.8) is 0 Å². The molecule has 0 aliphatic heterocycles. The maximum atomic E-state index is 11.7. The molecule has 0 radical (unpaired) electrons. The Balaban J connectivity index is 1.89. The SMILES string of the molecule is Cc1ccc(C)c(OCCC(=O)n2ccnc2)c1. The molecule has 0 atom stereocenters. The summed E-state index contributed by atoms with van der Waals surface area (Å²) in [7, 11) is 0. The zero-order chi connectivity index (χ0) is 13.0. The van der Waals surface area contributed by atoms with Gasteiger partial charge in [0, 0.05) is 12.4 Å². The topological polar surface area (TPSA) is 44.1 Å². The van der Waals surface area contributed by atoms with E-state index >= 15 is 0 Å². The van der Waals surface area contributed by atoms with Gasteiger partial charge >= 0.3 is 0 Å². The van der Waals surface area contributed by atoms with Gasteiger partial charge in [0.05, 0.1) is 13.0 Å². The van der Waals surface area contributed by atoms with E-state index in [0.29, 0.717) is 13.0 Å². The first kappa shape index (κ1) is 12.4. The average molecular weight is 244 g/mol. The van der Waals surface area contributed by atoms with E-state index in [-0.39, 0.29) is 5.91 Å². The van der Waals surface area contributed by atoms with Crippen LogP contribution in [0.5, 0.6) is 5.75 Å². The molecule has 4 heteroatoms. The molecule has 0 saturated heterocycles. The highest BCUT2D eigenvalue weighted by molar-refractivity contribution is 5.78. The number of hydrogen-bond acceptors (Lipinski definition) is 3. The number of nitrogens with zero attached hydrogens (tertiary/aromatic N) is 2. The molecule has 4 nitrogen and oxygen atoms in total. The molecule has 0 aliphatic carbocycles. The monoisotopic (exact) mass is 244 g/mol. The number of carbonyl (C=O) groups is 1. The largest absolute Gasteiger partial charge is 0.493 e. The summed E-state index contributed by atoms with van der Waals surface area (Å²) in [6, 6.07) is 6.04. The quantitative estimate of drug-likeness (QED) is 0.830. The molecule has 0 saturated carbocycles. The van der Waals surface area contributed by atoms with Crippen LogP contribution in [0.2, 0.25) is 0 Å². The van der Waals surface area contributed by atoms with E-state index in [4.69, 9.17) is 4.74 Å². The maximum absolute atomic E-state index is 11.7. The second-order valence-electron chi connectivity index (χ2n) is 4.23. The molecule has 1 aromatic carbocycles. The molecule has 0 aliphatic rings. The Morgan fingerprint density at radius 2 is 2.22 bits per heavy atom. The predicted molar refractivity (Wildman–Crippen MR) is 68.9 cm³/mol. The van der Waals surface area contributed by atoms with Crippen LogP contribution in [0.1, 0.15) is 22.3 Å². The van der Waals surface area contributed by atoms with Gasteiger partial charge in [-0.25, -0.2) is 4.98 Å². The van der Waals surface area contributed by atoms with E-state index < -0.39 is 0 Å². The van der Waals surface area contributed by atoms with Gasteiger partial charge in [0.2, 0.25) is 5.91 Å². The fourth-order valence-electron chi connectivity index (χ4n) is 1.65. The zero-order valence-electron chi connectivity index (χ0n) is 10.6. The fraction of sp³-hybridized carbons (Fsp3) is 0.286. The highest BCUT2D eigenvalue weighted by Gasteiger charge is 2.05. The van der Waals surface area contributed by atoms with E-state index in [1.807, 2.05) is 32.0 Å². The van der Waals surface area contributed by atoms with Crippen LogP contribution >= 0.6 is 0 Å². The van der Waals surface area contributed by atoms with Gasteiger partial charge in [-0.3, -0.25) is 9.36 Å². The van der Waals surface area contributed by atoms with E-state index in [0.717, 1.165) is 16.9 Å². The summed E-state index contributed by atoms with van der Waals surface area (Å²) >= 11 is 0. The van der Waals surface area contributed by atoms with Gasteiger partial charge in [-0.05, 0) is 31.0 Å². The number of benzene rings is 1. The van der Waals surface area contributed by atoms with Crippen LogP contribution < -0.4 is 4.74 Å². The minimum atomic E-state index is -0.0159. The number of imidazole rings is 1. The van der Waals surface area contributed by atoms with Crippen molar-refractivity contribution >= 4 is 5.91 Å². The molecule has 2 rings (SSSR count). The lowest BCUT2D eigenvalue weighted by Gasteiger charge is -2.09. The minimum Gasteiger partial charge on any atom is -0.493 e. The molecule has 0 fully saturated rings. The Labute approximate surface area is 106 Å². The Hall–Kier alpha value is -2.10. The number of carbonyl (C=O) groups excluding carboxylic acids is 1. The number of aryl methyl sites for hydroxylation is 2. The van der Waals surface area contributed by atoms with Crippen LogP contribution in [0.3, 0.4) is 0 Å². The van der Waals surface area contributed by atoms with Gasteiger partial charge in [0.15, 0.2) is 0 Å². The number of aromatic nitrogens is 2. The van der Waals surface area contributed by atoms with E-state index in [1.54, 1.807) is 12.4 Å². The maximum Gasteiger partial charge on any atom is 0.235 e. The van der Waals surface area contributed by atoms with Gasteiger partial charge in [0.1, 0.15) is 12.1 Å². The molecule has 1 aromatic heterocycles. The lowest BCUT2D eigenvalue weighted by molar-refractivity contribution is 0.0881. The van der Waals surface area contributed by atoms with Crippen molar-refractivity contribution in [2.45, 2.75) is 20.3 Å². The summed E-state index contributed by atoms with van der Waals surface area (Å²) in [6.07, 6.45) is 5.06. The lowest BCUT2D eigenvalue weighted by Crippen LogP contribution is -2.12. The Bertz CT molecular complexity index is 533. The first-order chi connectivity index (χ1) is 8.66.